The van der Waals surface area contributed by atoms with E-state index in [9.17, 15) is 5.11 Å². The van der Waals surface area contributed by atoms with Gasteiger partial charge in [0.25, 0.3) is 0 Å². The minimum atomic E-state index is -0.00948. The Balaban J connectivity index is 1.84. The first kappa shape index (κ1) is 15.5. The molecule has 124 valence electrons. The average molecular weight is 342 g/mol. The molecule has 0 radical (unpaired) electrons. The zero-order chi connectivity index (χ0) is 16.8. The van der Waals surface area contributed by atoms with Crippen LogP contribution in [0.2, 0.25) is 5.02 Å². The second-order valence-corrected chi connectivity index (χ2v) is 6.79. The van der Waals surface area contributed by atoms with Crippen molar-refractivity contribution in [3.8, 4) is 0 Å². The quantitative estimate of drug-likeness (QED) is 0.768. The minimum Gasteiger partial charge on any atom is -0.390 e. The van der Waals surface area contributed by atoms with Gasteiger partial charge in [0.15, 0.2) is 5.65 Å². The lowest BCUT2D eigenvalue weighted by atomic mass is 9.93. The molecule has 0 bridgehead atoms. The Morgan fingerprint density at radius 3 is 2.96 bits per heavy atom. The summed E-state index contributed by atoms with van der Waals surface area (Å²) in [5.41, 5.74) is 6.36. The monoisotopic (exact) mass is 341 g/mol. The Bertz CT molecular complexity index is 918. The van der Waals surface area contributed by atoms with Gasteiger partial charge < -0.3 is 10.0 Å². The molecule has 3 aromatic rings. The standard InChI is InChI=1S/C19H20ClN3O/c1-12-18(11-24)23-8-3-4-17(19(23)21-12)22-9-7-14-5-6-15(20)10-16(14)13(22)2/h3-6,8,10,13,24H,7,9,11H2,1-2H3. The van der Waals surface area contributed by atoms with Gasteiger partial charge in [-0.05, 0) is 55.7 Å². The second-order valence-electron chi connectivity index (χ2n) is 6.35. The van der Waals surface area contributed by atoms with Gasteiger partial charge >= 0.3 is 0 Å². The highest BCUT2D eigenvalue weighted by Gasteiger charge is 2.26. The van der Waals surface area contributed by atoms with Crippen LogP contribution >= 0.6 is 11.6 Å². The van der Waals surface area contributed by atoms with E-state index in [2.05, 4.69) is 30.0 Å². The molecule has 0 saturated carbocycles. The maximum Gasteiger partial charge on any atom is 0.161 e. The lowest BCUT2D eigenvalue weighted by Gasteiger charge is -2.37. The molecule has 1 aromatic carbocycles. The van der Waals surface area contributed by atoms with Crippen molar-refractivity contribution >= 4 is 22.9 Å². The molecule has 1 N–H and O–H groups in total. The Labute approximate surface area is 146 Å². The van der Waals surface area contributed by atoms with Gasteiger partial charge in [-0.25, -0.2) is 4.98 Å². The lowest BCUT2D eigenvalue weighted by molar-refractivity contribution is 0.275. The van der Waals surface area contributed by atoms with E-state index in [0.717, 1.165) is 40.7 Å². The molecule has 1 atom stereocenters. The summed E-state index contributed by atoms with van der Waals surface area (Å²) in [5.74, 6) is 0. The van der Waals surface area contributed by atoms with Gasteiger partial charge in [-0.15, -0.1) is 0 Å². The summed E-state index contributed by atoms with van der Waals surface area (Å²) in [4.78, 5) is 7.08. The predicted molar refractivity (Wildman–Crippen MR) is 96.8 cm³/mol. The van der Waals surface area contributed by atoms with Gasteiger partial charge in [0.05, 0.1) is 29.7 Å². The highest BCUT2D eigenvalue weighted by Crippen LogP contribution is 2.36. The first-order valence-electron chi connectivity index (χ1n) is 8.22. The molecule has 0 aliphatic carbocycles. The molecule has 1 unspecified atom stereocenters. The number of rotatable bonds is 2. The summed E-state index contributed by atoms with van der Waals surface area (Å²) in [6.45, 7) is 5.08. The summed E-state index contributed by atoms with van der Waals surface area (Å²) >= 11 is 6.21. The van der Waals surface area contributed by atoms with Gasteiger partial charge in [-0.3, -0.25) is 4.40 Å². The maximum absolute atomic E-state index is 9.63. The van der Waals surface area contributed by atoms with Crippen molar-refractivity contribution in [2.75, 3.05) is 11.4 Å². The fourth-order valence-electron chi connectivity index (χ4n) is 3.74. The Morgan fingerprint density at radius 2 is 2.17 bits per heavy atom. The number of pyridine rings is 1. The van der Waals surface area contributed by atoms with Gasteiger partial charge in [0, 0.05) is 17.8 Å². The maximum atomic E-state index is 9.63. The van der Waals surface area contributed by atoms with Gasteiger partial charge in [-0.2, -0.15) is 0 Å². The average Bonchev–Trinajstić information content (AvgIpc) is 2.91. The number of nitrogens with zero attached hydrogens (tertiary/aromatic N) is 3. The fraction of sp³-hybridized carbons (Fsp3) is 0.316. The van der Waals surface area contributed by atoms with Crippen LogP contribution in [-0.2, 0) is 13.0 Å². The summed E-state index contributed by atoms with van der Waals surface area (Å²) in [6.07, 6.45) is 2.95. The number of fused-ring (bicyclic) bond motifs is 2. The summed E-state index contributed by atoms with van der Waals surface area (Å²) in [5, 5.41) is 10.4. The van der Waals surface area contributed by atoms with Crippen molar-refractivity contribution in [1.82, 2.24) is 9.38 Å². The molecule has 0 saturated heterocycles. The summed E-state index contributed by atoms with van der Waals surface area (Å²) < 4.78 is 1.99. The van der Waals surface area contributed by atoms with Crippen molar-refractivity contribution < 1.29 is 5.11 Å². The molecule has 3 heterocycles. The zero-order valence-electron chi connectivity index (χ0n) is 13.8. The first-order chi connectivity index (χ1) is 11.6. The van der Waals surface area contributed by atoms with E-state index in [-0.39, 0.29) is 12.6 Å². The van der Waals surface area contributed by atoms with Gasteiger partial charge in [0.2, 0.25) is 0 Å². The predicted octanol–water partition coefficient (Wildman–Crippen LogP) is 3.91. The first-order valence-corrected chi connectivity index (χ1v) is 8.60. The molecule has 0 fully saturated rings. The number of anilines is 1. The number of hydrogen-bond acceptors (Lipinski definition) is 3. The van der Waals surface area contributed by atoms with Crippen LogP contribution in [0.25, 0.3) is 5.65 Å². The van der Waals surface area contributed by atoms with Crippen molar-refractivity contribution in [1.29, 1.82) is 0 Å². The number of aryl methyl sites for hydroxylation is 1. The van der Waals surface area contributed by atoms with Crippen LogP contribution in [0.15, 0.2) is 36.5 Å². The number of hydrogen-bond donors (Lipinski definition) is 1. The number of imidazole rings is 1. The van der Waals surface area contributed by atoms with E-state index in [1.54, 1.807) is 0 Å². The molecule has 5 heteroatoms. The van der Waals surface area contributed by atoms with E-state index < -0.39 is 0 Å². The molecular formula is C19H20ClN3O. The Morgan fingerprint density at radius 1 is 1.33 bits per heavy atom. The highest BCUT2D eigenvalue weighted by molar-refractivity contribution is 6.30. The van der Waals surface area contributed by atoms with Crippen molar-refractivity contribution in [3.63, 3.8) is 0 Å². The van der Waals surface area contributed by atoms with Crippen LogP contribution in [0, 0.1) is 6.92 Å². The molecule has 4 nitrogen and oxygen atoms in total. The van der Waals surface area contributed by atoms with Crippen LogP contribution in [-0.4, -0.2) is 21.0 Å². The molecule has 4 rings (SSSR count). The van der Waals surface area contributed by atoms with Crippen LogP contribution in [0.1, 0.15) is 35.5 Å². The van der Waals surface area contributed by atoms with Crippen LogP contribution < -0.4 is 4.90 Å². The zero-order valence-corrected chi connectivity index (χ0v) is 14.6. The van der Waals surface area contributed by atoms with Crippen LogP contribution in [0.4, 0.5) is 5.69 Å². The van der Waals surface area contributed by atoms with Gasteiger partial charge in [-0.1, -0.05) is 17.7 Å². The number of aliphatic hydroxyl groups excluding tert-OH is 1. The molecule has 1 aliphatic rings. The molecule has 2 aromatic heterocycles. The van der Waals surface area contributed by atoms with Crippen LogP contribution in [0.3, 0.4) is 0 Å². The second kappa shape index (κ2) is 5.80. The molecule has 1 aliphatic heterocycles. The Kier molecular flexibility index (Phi) is 3.74. The SMILES string of the molecule is Cc1nc2c(N3CCc4ccc(Cl)cc4C3C)cccn2c1CO. The number of halogens is 1. The smallest absolute Gasteiger partial charge is 0.161 e. The van der Waals surface area contributed by atoms with Crippen LogP contribution in [0.5, 0.6) is 0 Å². The van der Waals surface area contributed by atoms with Crippen molar-refractivity contribution in [2.24, 2.45) is 0 Å². The molecular weight excluding hydrogens is 322 g/mol. The topological polar surface area (TPSA) is 40.8 Å². The lowest BCUT2D eigenvalue weighted by Crippen LogP contribution is -2.34. The number of benzene rings is 1. The van der Waals surface area contributed by atoms with E-state index in [4.69, 9.17) is 16.6 Å². The fourth-order valence-corrected chi connectivity index (χ4v) is 3.92. The summed E-state index contributed by atoms with van der Waals surface area (Å²) in [6, 6.07) is 10.5. The Hall–Kier alpha value is -2.04. The molecule has 0 amide bonds. The normalized spacial score (nSPS) is 17.3. The van der Waals surface area contributed by atoms with E-state index in [1.165, 1.54) is 11.1 Å². The molecule has 24 heavy (non-hydrogen) atoms. The third kappa shape index (κ3) is 2.29. The number of aliphatic hydroxyl groups is 1. The minimum absolute atomic E-state index is 0.00948. The van der Waals surface area contributed by atoms with Gasteiger partial charge in [0.1, 0.15) is 0 Å². The van der Waals surface area contributed by atoms with Crippen molar-refractivity contribution in [3.05, 3.63) is 64.1 Å². The number of aromatic nitrogens is 2. The van der Waals surface area contributed by atoms with E-state index in [1.807, 2.05) is 29.7 Å². The largest absolute Gasteiger partial charge is 0.390 e. The van der Waals surface area contributed by atoms with E-state index in [0.29, 0.717) is 0 Å². The van der Waals surface area contributed by atoms with Crippen molar-refractivity contribution in [2.45, 2.75) is 32.9 Å². The summed E-state index contributed by atoms with van der Waals surface area (Å²) in [7, 11) is 0. The third-order valence-electron chi connectivity index (χ3n) is 5.04. The van der Waals surface area contributed by atoms with E-state index >= 15 is 0 Å². The molecule has 0 spiro atoms. The highest BCUT2D eigenvalue weighted by atomic mass is 35.5. The third-order valence-corrected chi connectivity index (χ3v) is 5.27.